The smallest absolute Gasteiger partial charge is 0.414 e. The Kier molecular flexibility index (Phi) is 3.73. The zero-order valence-corrected chi connectivity index (χ0v) is 8.55. The van der Waals surface area contributed by atoms with E-state index in [9.17, 15) is 0 Å². The first-order valence-electron chi connectivity index (χ1n) is 4.00. The predicted molar refractivity (Wildman–Crippen MR) is 48.9 cm³/mol. The van der Waals surface area contributed by atoms with Crippen LogP contribution in [0.15, 0.2) is 24.3 Å². The van der Waals surface area contributed by atoms with Crippen LogP contribution in [0.4, 0.5) is 0 Å². The molecule has 0 heterocycles. The summed E-state index contributed by atoms with van der Waals surface area (Å²) in [4.78, 5) is 0. The number of benzene rings is 1. The lowest BCUT2D eigenvalue weighted by Crippen LogP contribution is -2.14. The van der Waals surface area contributed by atoms with Gasteiger partial charge in [-0.15, -0.1) is 8.24 Å². The van der Waals surface area contributed by atoms with E-state index in [0.717, 1.165) is 5.75 Å². The molecule has 0 unspecified atom stereocenters. The van der Waals surface area contributed by atoms with Crippen molar-refractivity contribution < 1.29 is 4.74 Å². The molecule has 1 rings (SSSR count). The topological polar surface area (TPSA) is 9.23 Å². The first-order valence-corrected chi connectivity index (χ1v) is 5.71. The van der Waals surface area contributed by atoms with Crippen LogP contribution in [0.2, 0.25) is 4.55 Å². The van der Waals surface area contributed by atoms with E-state index in [2.05, 4.69) is 19.1 Å². The summed E-state index contributed by atoms with van der Waals surface area (Å²) in [5.41, 5.74) is 0. The Morgan fingerprint density at radius 1 is 1.36 bits per heavy atom. The van der Waals surface area contributed by atoms with E-state index in [1.54, 1.807) is 7.11 Å². The molecule has 0 aliphatic rings. The van der Waals surface area contributed by atoms with E-state index in [1.165, 1.54) is 8.24 Å². The fourth-order valence-corrected chi connectivity index (χ4v) is 2.53. The Balaban J connectivity index is 2.83. The number of rotatable bonds is 3. The molecule has 1 aromatic rings. The minimum absolute atomic E-state index is 0.0659. The molecule has 0 saturated heterocycles. The van der Waals surface area contributed by atoms with Crippen LogP contribution < -0.4 is 8.43 Å². The molecule has 1 aromatic carbocycles. The molecule has 0 aromatic heterocycles. The molecule has 0 bridgehead atoms. The van der Waals surface area contributed by atoms with Gasteiger partial charge in [0, 0.05) is 0 Å². The Hall–Kier alpha value is -0.214. The third-order valence-corrected chi connectivity index (χ3v) is 3.33. The van der Waals surface area contributed by atoms with Gasteiger partial charge in [-0.25, -0.2) is 0 Å². The van der Waals surface area contributed by atoms with Crippen molar-refractivity contribution in [1.29, 1.82) is 0 Å². The Morgan fingerprint density at radius 2 is 2.09 bits per heavy atom. The summed E-state index contributed by atoms with van der Waals surface area (Å²) in [7, 11) is 1.74. The second kappa shape index (κ2) is 4.62. The first-order chi connectivity index (χ1) is 5.38. The molecular formula is C9H12MgO. The summed E-state index contributed by atoms with van der Waals surface area (Å²) >= 11 is -0.0659. The van der Waals surface area contributed by atoms with Gasteiger partial charge < -0.3 is 4.74 Å². The summed E-state index contributed by atoms with van der Waals surface area (Å²) in [5.74, 6) is 1.07. The van der Waals surface area contributed by atoms with E-state index in [0.29, 0.717) is 0 Å². The summed E-state index contributed by atoms with van der Waals surface area (Å²) in [5, 5.41) is 0. The van der Waals surface area contributed by atoms with Crippen molar-refractivity contribution in [2.24, 2.45) is 0 Å². The van der Waals surface area contributed by atoms with Crippen LogP contribution in [0.5, 0.6) is 5.75 Å². The summed E-state index contributed by atoms with van der Waals surface area (Å²) in [6.45, 7) is 2.23. The molecule has 0 atom stereocenters. The number of hydrogen-bond donors (Lipinski definition) is 0. The lowest BCUT2D eigenvalue weighted by atomic mass is 10.3. The van der Waals surface area contributed by atoms with Gasteiger partial charge in [-0.3, -0.25) is 0 Å². The van der Waals surface area contributed by atoms with Crippen LogP contribution in [0.3, 0.4) is 0 Å². The van der Waals surface area contributed by atoms with Crippen LogP contribution in [-0.2, 0) is 0 Å². The first kappa shape index (κ1) is 8.88. The molecule has 0 spiro atoms. The van der Waals surface area contributed by atoms with Gasteiger partial charge in [0.25, 0.3) is 0 Å². The average molecular weight is 160 g/mol. The summed E-state index contributed by atoms with van der Waals surface area (Å²) in [6.07, 6.45) is 0. The third-order valence-electron chi connectivity index (χ3n) is 1.71. The van der Waals surface area contributed by atoms with Crippen molar-refractivity contribution in [2.75, 3.05) is 7.11 Å². The van der Waals surface area contributed by atoms with Crippen molar-refractivity contribution >= 4 is 24.1 Å². The number of ether oxygens (including phenoxy) is 1. The fraction of sp³-hybridized carbons (Fsp3) is 0.333. The molecule has 0 aliphatic carbocycles. The Bertz CT molecular complexity index is 223. The van der Waals surface area contributed by atoms with Crippen molar-refractivity contribution in [3.8, 4) is 5.75 Å². The maximum atomic E-state index is 5.23. The maximum Gasteiger partial charge on any atom is 0.414 e. The molecule has 0 aliphatic heterocycles. The van der Waals surface area contributed by atoms with Gasteiger partial charge in [-0.05, 0) is 6.07 Å². The van der Waals surface area contributed by atoms with Gasteiger partial charge in [0.05, 0.1) is 12.9 Å². The second-order valence-electron chi connectivity index (χ2n) is 2.56. The molecule has 56 valence electrons. The lowest BCUT2D eigenvalue weighted by Gasteiger charge is -2.05. The quantitative estimate of drug-likeness (QED) is 0.609. The molecule has 0 fully saturated rings. The maximum absolute atomic E-state index is 5.23. The van der Waals surface area contributed by atoms with E-state index >= 15 is 0 Å². The van der Waals surface area contributed by atoms with E-state index in [-0.39, 0.29) is 20.4 Å². The van der Waals surface area contributed by atoms with Crippen LogP contribution in [0.25, 0.3) is 0 Å². The fourth-order valence-electron chi connectivity index (χ4n) is 1.18. The number of hydrogen-bond acceptors (Lipinski definition) is 1. The average Bonchev–Trinajstić information content (AvgIpc) is 2.06. The molecule has 1 nitrogen and oxygen atoms in total. The number of para-hydroxylation sites is 1. The minimum Gasteiger partial charge on any atom is -0.499 e. The zero-order valence-electron chi connectivity index (χ0n) is 7.13. The molecule has 0 amide bonds. The largest absolute Gasteiger partial charge is 0.499 e. The highest BCUT2D eigenvalue weighted by Gasteiger charge is 2.01. The monoisotopic (exact) mass is 160 g/mol. The molecular weight excluding hydrogens is 148 g/mol. The predicted octanol–water partition coefficient (Wildman–Crippen LogP) is 1.46. The van der Waals surface area contributed by atoms with E-state index < -0.39 is 0 Å². The van der Waals surface area contributed by atoms with Gasteiger partial charge in [0.15, 0.2) is 0 Å². The van der Waals surface area contributed by atoms with E-state index in [1.807, 2.05) is 12.1 Å². The highest BCUT2D eigenvalue weighted by molar-refractivity contribution is 6.54. The highest BCUT2D eigenvalue weighted by atomic mass is 24.5. The van der Waals surface area contributed by atoms with Crippen LogP contribution in [-0.4, -0.2) is 27.5 Å². The molecule has 11 heavy (non-hydrogen) atoms. The standard InChI is InChI=1S/C7H7O.C2H5.Mg/c1-8-7-5-3-2-4-6-7;1-2;/h2-5H,1H3;1H2,2H3;. The normalized spacial score (nSPS) is 8.91. The highest BCUT2D eigenvalue weighted by Crippen LogP contribution is 2.04. The summed E-state index contributed by atoms with van der Waals surface area (Å²) < 4.78 is 7.98. The number of methoxy groups -OCH3 is 1. The molecule has 0 N–H and O–H groups in total. The van der Waals surface area contributed by atoms with Crippen molar-refractivity contribution in [2.45, 2.75) is 11.5 Å². The SMILES string of the molecule is C[CH2][Mg][c]1ccccc1OC. The van der Waals surface area contributed by atoms with Gasteiger partial charge in [-0.2, -0.15) is 0 Å². The van der Waals surface area contributed by atoms with E-state index in [4.69, 9.17) is 4.74 Å². The van der Waals surface area contributed by atoms with Gasteiger partial charge in [0.2, 0.25) is 0 Å². The summed E-state index contributed by atoms with van der Waals surface area (Å²) in [6, 6.07) is 8.32. The van der Waals surface area contributed by atoms with Gasteiger partial charge in [-0.1, -0.05) is 25.1 Å². The van der Waals surface area contributed by atoms with Crippen molar-refractivity contribution in [3.63, 3.8) is 0 Å². The van der Waals surface area contributed by atoms with Crippen molar-refractivity contribution in [1.82, 2.24) is 0 Å². The van der Waals surface area contributed by atoms with Crippen LogP contribution in [0.1, 0.15) is 6.92 Å². The van der Waals surface area contributed by atoms with Crippen molar-refractivity contribution in [3.05, 3.63) is 24.3 Å². The van der Waals surface area contributed by atoms with Gasteiger partial charge in [0.1, 0.15) is 0 Å². The molecule has 2 heteroatoms. The van der Waals surface area contributed by atoms with Crippen LogP contribution >= 0.6 is 0 Å². The Morgan fingerprint density at radius 3 is 2.73 bits per heavy atom. The van der Waals surface area contributed by atoms with Crippen LogP contribution in [0, 0.1) is 0 Å². The lowest BCUT2D eigenvalue weighted by molar-refractivity contribution is 0.418. The minimum atomic E-state index is -0.0659. The van der Waals surface area contributed by atoms with Gasteiger partial charge >= 0.3 is 20.4 Å². The Labute approximate surface area is 77.5 Å². The molecule has 0 radical (unpaired) electrons. The third kappa shape index (κ3) is 2.38. The zero-order chi connectivity index (χ0) is 8.10. The second-order valence-corrected chi connectivity index (χ2v) is 4.82. The molecule has 0 saturated carbocycles.